The van der Waals surface area contributed by atoms with E-state index in [4.69, 9.17) is 11.6 Å². The van der Waals surface area contributed by atoms with Gasteiger partial charge in [-0.15, -0.1) is 11.3 Å². The van der Waals surface area contributed by atoms with E-state index in [1.54, 1.807) is 18.2 Å². The zero-order valence-corrected chi connectivity index (χ0v) is 16.0. The Morgan fingerprint density at radius 3 is 2.73 bits per heavy atom. The molecule has 1 aliphatic rings. The number of thiazole rings is 1. The number of halogens is 1. The van der Waals surface area contributed by atoms with Gasteiger partial charge in [-0.1, -0.05) is 29.8 Å². The van der Waals surface area contributed by atoms with Crippen molar-refractivity contribution in [1.82, 2.24) is 15.8 Å². The minimum Gasteiger partial charge on any atom is -0.273 e. The second-order valence-corrected chi connectivity index (χ2v) is 9.65. The highest BCUT2D eigenvalue weighted by molar-refractivity contribution is 7.91. The number of hydrogen-bond acceptors (Lipinski definition) is 6. The largest absolute Gasteiger partial charge is 0.281 e. The summed E-state index contributed by atoms with van der Waals surface area (Å²) in [5.41, 5.74) is 5.36. The van der Waals surface area contributed by atoms with Gasteiger partial charge in [-0.3, -0.25) is 20.4 Å². The number of nitrogens with one attached hydrogen (secondary N) is 2. The Balaban J connectivity index is 1.54. The van der Waals surface area contributed by atoms with Crippen molar-refractivity contribution in [2.45, 2.75) is 12.8 Å². The lowest BCUT2D eigenvalue weighted by Gasteiger charge is -2.09. The minimum absolute atomic E-state index is 0.0183. The third-order valence-corrected chi connectivity index (χ3v) is 7.15. The summed E-state index contributed by atoms with van der Waals surface area (Å²) in [5.74, 6) is -0.982. The van der Waals surface area contributed by atoms with Crippen molar-refractivity contribution in [2.75, 3.05) is 11.5 Å². The summed E-state index contributed by atoms with van der Waals surface area (Å²) in [5, 5.41) is 1.14. The number of benzene rings is 1. The predicted molar refractivity (Wildman–Crippen MR) is 99.5 cm³/mol. The number of rotatable bonds is 4. The molecule has 2 amide bonds. The van der Waals surface area contributed by atoms with Crippen LogP contribution in [0.1, 0.15) is 22.5 Å². The normalized spacial score (nSPS) is 18.4. The summed E-state index contributed by atoms with van der Waals surface area (Å²) in [6.07, 6.45) is 1.95. The fourth-order valence-corrected chi connectivity index (χ4v) is 5.67. The zero-order valence-electron chi connectivity index (χ0n) is 13.6. The van der Waals surface area contributed by atoms with Crippen LogP contribution in [0, 0.1) is 5.92 Å². The van der Waals surface area contributed by atoms with Crippen molar-refractivity contribution in [2.24, 2.45) is 5.92 Å². The molecule has 2 N–H and O–H groups in total. The lowest BCUT2D eigenvalue weighted by Crippen LogP contribution is -2.42. The molecule has 138 valence electrons. The van der Waals surface area contributed by atoms with E-state index in [1.165, 1.54) is 6.20 Å². The molecular weight excluding hydrogens is 398 g/mol. The standard InChI is InChI=1S/C16H16ClN3O4S2/c17-12-4-2-1-3-11(12)16-18-8-13(25-16)15(22)20-19-14(21)7-10-5-6-26(23,24)9-10/h1-4,8,10H,5-7,9H2,(H,19,21)(H,20,22). The Hall–Kier alpha value is -1.97. The van der Waals surface area contributed by atoms with E-state index >= 15 is 0 Å². The molecule has 3 rings (SSSR count). The van der Waals surface area contributed by atoms with Crippen molar-refractivity contribution >= 4 is 44.6 Å². The van der Waals surface area contributed by atoms with Crippen molar-refractivity contribution < 1.29 is 18.0 Å². The fourth-order valence-electron chi connectivity index (χ4n) is 2.67. The van der Waals surface area contributed by atoms with Crippen LogP contribution in [0.3, 0.4) is 0 Å². The molecule has 0 spiro atoms. The Kier molecular flexibility index (Phi) is 5.59. The average Bonchev–Trinajstić information content (AvgIpc) is 3.20. The highest BCUT2D eigenvalue weighted by Crippen LogP contribution is 2.30. The third-order valence-electron chi connectivity index (χ3n) is 3.95. The summed E-state index contributed by atoms with van der Waals surface area (Å²) in [6.45, 7) is 0. The number of nitrogens with zero attached hydrogens (tertiary/aromatic N) is 1. The average molecular weight is 414 g/mol. The molecule has 10 heteroatoms. The third kappa shape index (κ3) is 4.60. The van der Waals surface area contributed by atoms with Crippen LogP contribution in [0.25, 0.3) is 10.6 Å². The van der Waals surface area contributed by atoms with E-state index < -0.39 is 21.7 Å². The van der Waals surface area contributed by atoms with Crippen molar-refractivity contribution in [1.29, 1.82) is 0 Å². The molecule has 0 aliphatic carbocycles. The molecule has 0 radical (unpaired) electrons. The zero-order chi connectivity index (χ0) is 18.7. The summed E-state index contributed by atoms with van der Waals surface area (Å²) in [4.78, 5) is 28.5. The van der Waals surface area contributed by atoms with Gasteiger partial charge in [0.1, 0.15) is 9.88 Å². The van der Waals surface area contributed by atoms with Crippen LogP contribution in [0.5, 0.6) is 0 Å². The Labute approximate surface area is 159 Å². The van der Waals surface area contributed by atoms with Crippen LogP contribution in [0.2, 0.25) is 5.02 Å². The van der Waals surface area contributed by atoms with Crippen LogP contribution < -0.4 is 10.9 Å². The summed E-state index contributed by atoms with van der Waals surface area (Å²) in [6, 6.07) is 7.17. The highest BCUT2D eigenvalue weighted by atomic mass is 35.5. The monoisotopic (exact) mass is 413 g/mol. The molecule has 0 bridgehead atoms. The number of carbonyl (C=O) groups is 2. The van der Waals surface area contributed by atoms with E-state index in [9.17, 15) is 18.0 Å². The first kappa shape index (κ1) is 18.8. The van der Waals surface area contributed by atoms with Gasteiger partial charge in [-0.25, -0.2) is 13.4 Å². The van der Waals surface area contributed by atoms with Crippen LogP contribution in [0.4, 0.5) is 0 Å². The Bertz CT molecular complexity index is 942. The van der Waals surface area contributed by atoms with Crippen LogP contribution >= 0.6 is 22.9 Å². The first-order valence-electron chi connectivity index (χ1n) is 7.84. The molecular formula is C16H16ClN3O4S2. The second-order valence-electron chi connectivity index (χ2n) is 5.98. The number of aromatic nitrogens is 1. The molecule has 1 aliphatic heterocycles. The van der Waals surface area contributed by atoms with Gasteiger partial charge < -0.3 is 0 Å². The number of amides is 2. The lowest BCUT2D eigenvalue weighted by molar-refractivity contribution is -0.122. The van der Waals surface area contributed by atoms with Gasteiger partial charge in [0, 0.05) is 12.0 Å². The molecule has 0 saturated carbocycles. The molecule has 1 saturated heterocycles. The summed E-state index contributed by atoms with van der Waals surface area (Å²) >= 11 is 7.27. The van der Waals surface area contributed by atoms with Gasteiger partial charge in [0.2, 0.25) is 5.91 Å². The Morgan fingerprint density at radius 2 is 2.04 bits per heavy atom. The molecule has 1 fully saturated rings. The maximum absolute atomic E-state index is 12.1. The SMILES string of the molecule is O=C(CC1CCS(=O)(=O)C1)NNC(=O)c1cnc(-c2ccccc2Cl)s1. The number of hydrogen-bond donors (Lipinski definition) is 2. The molecule has 1 aromatic heterocycles. The topological polar surface area (TPSA) is 105 Å². The number of sulfone groups is 1. The molecule has 26 heavy (non-hydrogen) atoms. The second kappa shape index (κ2) is 7.73. The van der Waals surface area contributed by atoms with E-state index in [-0.39, 0.29) is 23.8 Å². The minimum atomic E-state index is -3.03. The maximum Gasteiger partial charge on any atom is 0.281 e. The van der Waals surface area contributed by atoms with Gasteiger partial charge >= 0.3 is 0 Å². The molecule has 1 atom stereocenters. The van der Waals surface area contributed by atoms with Crippen LogP contribution in [-0.4, -0.2) is 36.7 Å². The molecule has 7 nitrogen and oxygen atoms in total. The van der Waals surface area contributed by atoms with Crippen molar-refractivity contribution in [3.63, 3.8) is 0 Å². The Morgan fingerprint density at radius 1 is 1.27 bits per heavy atom. The van der Waals surface area contributed by atoms with E-state index in [0.717, 1.165) is 16.9 Å². The molecule has 1 unspecified atom stereocenters. The molecule has 1 aromatic carbocycles. The lowest BCUT2D eigenvalue weighted by atomic mass is 10.1. The summed E-state index contributed by atoms with van der Waals surface area (Å²) < 4.78 is 22.8. The van der Waals surface area contributed by atoms with Gasteiger partial charge in [-0.2, -0.15) is 0 Å². The van der Waals surface area contributed by atoms with Crippen LogP contribution in [0.15, 0.2) is 30.5 Å². The number of hydrazine groups is 1. The van der Waals surface area contributed by atoms with E-state index in [2.05, 4.69) is 15.8 Å². The van der Waals surface area contributed by atoms with Crippen molar-refractivity contribution in [3.05, 3.63) is 40.4 Å². The van der Waals surface area contributed by atoms with Gasteiger partial charge in [0.15, 0.2) is 9.84 Å². The maximum atomic E-state index is 12.1. The first-order chi connectivity index (χ1) is 12.3. The number of carbonyl (C=O) groups excluding carboxylic acids is 2. The quantitative estimate of drug-likeness (QED) is 0.746. The van der Waals surface area contributed by atoms with Gasteiger partial charge in [0.25, 0.3) is 5.91 Å². The summed E-state index contributed by atoms with van der Waals surface area (Å²) in [7, 11) is -3.03. The van der Waals surface area contributed by atoms with Gasteiger partial charge in [0.05, 0.1) is 22.7 Å². The van der Waals surface area contributed by atoms with Crippen LogP contribution in [-0.2, 0) is 14.6 Å². The molecule has 2 aromatic rings. The van der Waals surface area contributed by atoms with E-state index in [1.807, 2.05) is 6.07 Å². The van der Waals surface area contributed by atoms with Gasteiger partial charge in [-0.05, 0) is 18.4 Å². The first-order valence-corrected chi connectivity index (χ1v) is 10.9. The van der Waals surface area contributed by atoms with E-state index in [0.29, 0.717) is 21.3 Å². The smallest absolute Gasteiger partial charge is 0.273 e. The molecule has 2 heterocycles. The fraction of sp³-hybridized carbons (Fsp3) is 0.312. The predicted octanol–water partition coefficient (Wildman–Crippen LogP) is 2.05. The van der Waals surface area contributed by atoms with Crippen molar-refractivity contribution in [3.8, 4) is 10.6 Å². The highest BCUT2D eigenvalue weighted by Gasteiger charge is 2.29.